The van der Waals surface area contributed by atoms with E-state index < -0.39 is 0 Å². The molecule has 1 atom stereocenters. The lowest BCUT2D eigenvalue weighted by molar-refractivity contribution is 0.243. The molecule has 2 aliphatic heterocycles. The molecule has 1 saturated heterocycles. The number of aromatic nitrogens is 3. The van der Waals surface area contributed by atoms with Crippen LogP contribution in [-0.4, -0.2) is 32.5 Å². The normalized spacial score (nSPS) is 23.0. The van der Waals surface area contributed by atoms with Gasteiger partial charge in [-0.05, 0) is 73.5 Å². The molecule has 3 aromatic rings. The quantitative estimate of drug-likeness (QED) is 0.649. The summed E-state index contributed by atoms with van der Waals surface area (Å²) >= 11 is 0. The highest BCUT2D eigenvalue weighted by Gasteiger charge is 2.35. The molecule has 0 spiro atoms. The van der Waals surface area contributed by atoms with Gasteiger partial charge in [-0.1, -0.05) is 0 Å². The Kier molecular flexibility index (Phi) is 3.33. The third-order valence-electron chi connectivity index (χ3n) is 6.65. The number of allylic oxidation sites excluding steroid dienone is 1. The lowest BCUT2D eigenvalue weighted by atomic mass is 9.96. The van der Waals surface area contributed by atoms with E-state index in [9.17, 15) is 0 Å². The molecule has 0 amide bonds. The molecule has 0 N–H and O–H groups in total. The van der Waals surface area contributed by atoms with E-state index in [1.54, 1.807) is 5.56 Å². The minimum Gasteiger partial charge on any atom is -0.304 e. The summed E-state index contributed by atoms with van der Waals surface area (Å²) in [5, 5.41) is 1.37. The van der Waals surface area contributed by atoms with Gasteiger partial charge in [0, 0.05) is 60.4 Å². The van der Waals surface area contributed by atoms with Crippen molar-refractivity contribution in [2.45, 2.75) is 45.1 Å². The fourth-order valence-corrected chi connectivity index (χ4v) is 5.43. The Bertz CT molecular complexity index is 1090. The van der Waals surface area contributed by atoms with Gasteiger partial charge >= 0.3 is 0 Å². The van der Waals surface area contributed by atoms with Crippen molar-refractivity contribution in [3.05, 3.63) is 58.7 Å². The lowest BCUT2D eigenvalue weighted by Crippen LogP contribution is -2.31. The summed E-state index contributed by atoms with van der Waals surface area (Å²) in [5.41, 5.74) is 9.59. The maximum absolute atomic E-state index is 4.89. The van der Waals surface area contributed by atoms with Gasteiger partial charge in [-0.15, -0.1) is 0 Å². The Balaban J connectivity index is 1.59. The van der Waals surface area contributed by atoms with Crippen molar-refractivity contribution >= 4 is 22.8 Å². The van der Waals surface area contributed by atoms with Crippen LogP contribution in [0.3, 0.4) is 0 Å². The first-order valence-corrected chi connectivity index (χ1v) is 10.2. The Hall–Kier alpha value is -2.46. The molecule has 3 aromatic heterocycles. The van der Waals surface area contributed by atoms with Crippen LogP contribution < -0.4 is 0 Å². The molecule has 136 valence electrons. The van der Waals surface area contributed by atoms with Crippen LogP contribution in [-0.2, 0) is 12.8 Å². The second-order valence-electron chi connectivity index (χ2n) is 8.25. The minimum absolute atomic E-state index is 0.583. The van der Waals surface area contributed by atoms with Crippen LogP contribution in [0.2, 0.25) is 0 Å². The summed E-state index contributed by atoms with van der Waals surface area (Å²) < 4.78 is 2.42. The summed E-state index contributed by atoms with van der Waals surface area (Å²) in [7, 11) is 0. The highest BCUT2D eigenvalue weighted by atomic mass is 15.2. The van der Waals surface area contributed by atoms with Gasteiger partial charge in [0.05, 0.1) is 0 Å². The highest BCUT2D eigenvalue weighted by molar-refractivity contribution is 5.89. The van der Waals surface area contributed by atoms with Gasteiger partial charge in [-0.3, -0.25) is 9.88 Å². The smallest absolute Gasteiger partial charge is 0.144 e. The molecule has 27 heavy (non-hydrogen) atoms. The Morgan fingerprint density at radius 2 is 2.11 bits per heavy atom. The molecule has 4 heteroatoms. The van der Waals surface area contributed by atoms with Crippen LogP contribution in [0.1, 0.15) is 53.3 Å². The van der Waals surface area contributed by atoms with Gasteiger partial charge in [0.1, 0.15) is 5.65 Å². The molecular weight excluding hydrogens is 332 g/mol. The maximum atomic E-state index is 4.89. The number of aryl methyl sites for hydroxylation is 2. The van der Waals surface area contributed by atoms with Gasteiger partial charge in [0.15, 0.2) is 0 Å². The largest absolute Gasteiger partial charge is 0.304 e. The maximum Gasteiger partial charge on any atom is 0.144 e. The lowest BCUT2D eigenvalue weighted by Gasteiger charge is -2.30. The Morgan fingerprint density at radius 3 is 3.07 bits per heavy atom. The number of nitrogens with zero attached hydrogens (tertiary/aromatic N) is 4. The molecule has 0 aromatic carbocycles. The molecule has 4 nitrogen and oxygen atoms in total. The molecule has 1 unspecified atom stereocenters. The van der Waals surface area contributed by atoms with Crippen molar-refractivity contribution in [1.82, 2.24) is 19.4 Å². The van der Waals surface area contributed by atoms with Crippen molar-refractivity contribution in [1.29, 1.82) is 0 Å². The fourth-order valence-electron chi connectivity index (χ4n) is 5.43. The highest BCUT2D eigenvalue weighted by Crippen LogP contribution is 2.43. The molecule has 0 radical (unpaired) electrons. The molecule has 5 heterocycles. The molecule has 0 saturated carbocycles. The third-order valence-corrected chi connectivity index (χ3v) is 6.65. The first-order chi connectivity index (χ1) is 13.3. The second-order valence-corrected chi connectivity index (χ2v) is 8.25. The zero-order valence-corrected chi connectivity index (χ0v) is 15.8. The molecule has 6 rings (SSSR count). The second kappa shape index (κ2) is 5.77. The summed E-state index contributed by atoms with van der Waals surface area (Å²) in [6.45, 7) is 4.58. The summed E-state index contributed by atoms with van der Waals surface area (Å²) in [6.07, 6.45) is 14.2. The van der Waals surface area contributed by atoms with E-state index in [4.69, 9.17) is 4.98 Å². The van der Waals surface area contributed by atoms with Gasteiger partial charge in [-0.2, -0.15) is 0 Å². The van der Waals surface area contributed by atoms with E-state index in [1.807, 2.05) is 18.6 Å². The standard InChI is InChI=1S/C23H24N4/c1-15-11-19-22-20-3-2-9-26(20)10-7-21(22)27(23(19)25-12-15)14-17-5-4-16-13-24-8-6-18(16)17/h6,8,11-14,20H,2-5,7,9-10H2,1H3. The van der Waals surface area contributed by atoms with Crippen molar-refractivity contribution in [3.63, 3.8) is 0 Å². The number of fused-ring (bicyclic) bond motifs is 6. The van der Waals surface area contributed by atoms with Gasteiger partial charge < -0.3 is 4.57 Å². The van der Waals surface area contributed by atoms with Crippen molar-refractivity contribution < 1.29 is 0 Å². The number of pyridine rings is 2. The molecule has 3 aliphatic rings. The number of hydrogen-bond acceptors (Lipinski definition) is 3. The monoisotopic (exact) mass is 356 g/mol. The Morgan fingerprint density at radius 1 is 1.15 bits per heavy atom. The fraction of sp³-hybridized carbons (Fsp3) is 0.391. The van der Waals surface area contributed by atoms with E-state index in [-0.39, 0.29) is 0 Å². The van der Waals surface area contributed by atoms with E-state index in [0.29, 0.717) is 6.04 Å². The van der Waals surface area contributed by atoms with E-state index >= 15 is 0 Å². The van der Waals surface area contributed by atoms with E-state index in [0.717, 1.165) is 24.9 Å². The van der Waals surface area contributed by atoms with Gasteiger partial charge in [-0.25, -0.2) is 4.98 Å². The summed E-state index contributed by atoms with van der Waals surface area (Å²) in [4.78, 5) is 11.9. The van der Waals surface area contributed by atoms with E-state index in [2.05, 4.69) is 39.7 Å². The first-order valence-electron chi connectivity index (χ1n) is 10.2. The van der Waals surface area contributed by atoms with Gasteiger partial charge in [0.25, 0.3) is 0 Å². The van der Waals surface area contributed by atoms with Crippen molar-refractivity contribution in [2.75, 3.05) is 13.1 Å². The van der Waals surface area contributed by atoms with Crippen LogP contribution >= 0.6 is 0 Å². The van der Waals surface area contributed by atoms with Gasteiger partial charge in [0.2, 0.25) is 0 Å². The summed E-state index contributed by atoms with van der Waals surface area (Å²) in [6, 6.07) is 5.10. The average Bonchev–Trinajstić information content (AvgIpc) is 3.38. The molecular formula is C23H24N4. The van der Waals surface area contributed by atoms with Crippen LogP contribution in [0.15, 0.2) is 30.7 Å². The minimum atomic E-state index is 0.583. The molecule has 1 aliphatic carbocycles. The zero-order valence-electron chi connectivity index (χ0n) is 15.8. The zero-order chi connectivity index (χ0) is 18.0. The Labute approximate surface area is 159 Å². The summed E-state index contributed by atoms with van der Waals surface area (Å²) in [5.74, 6) is 0. The van der Waals surface area contributed by atoms with Crippen LogP contribution in [0.25, 0.3) is 22.8 Å². The van der Waals surface area contributed by atoms with Crippen LogP contribution in [0.5, 0.6) is 0 Å². The number of hydrogen-bond donors (Lipinski definition) is 0. The SMILES string of the molecule is Cc1cnc2c(c1)c1c(n2C=C2CCc3cnccc32)CCN2CCCC12. The van der Waals surface area contributed by atoms with Crippen molar-refractivity contribution in [3.8, 4) is 0 Å². The predicted molar refractivity (Wildman–Crippen MR) is 108 cm³/mol. The predicted octanol–water partition coefficient (Wildman–Crippen LogP) is 4.38. The van der Waals surface area contributed by atoms with Crippen LogP contribution in [0.4, 0.5) is 0 Å². The number of rotatable bonds is 1. The molecule has 1 fully saturated rings. The van der Waals surface area contributed by atoms with E-state index in [1.165, 1.54) is 59.3 Å². The molecule has 0 bridgehead atoms. The first kappa shape index (κ1) is 15.6. The topological polar surface area (TPSA) is 34.0 Å². The van der Waals surface area contributed by atoms with Crippen LogP contribution in [0, 0.1) is 6.92 Å². The van der Waals surface area contributed by atoms with Crippen molar-refractivity contribution in [2.24, 2.45) is 0 Å². The third kappa shape index (κ3) is 2.26. The average molecular weight is 356 g/mol.